The summed E-state index contributed by atoms with van der Waals surface area (Å²) < 4.78 is 5.63. The summed E-state index contributed by atoms with van der Waals surface area (Å²) in [5, 5.41) is 16.5. The third-order valence-electron chi connectivity index (χ3n) is 13.7. The largest absolute Gasteiger partial charge is 0.444 e. The number of aliphatic hydroxyl groups excluding tert-OH is 1. The Balaban J connectivity index is 1.15. The third kappa shape index (κ3) is 7.81. The number of nitrogens with zero attached hydrogens (tertiary/aromatic N) is 2. The molecule has 0 radical (unpaired) electrons. The lowest BCUT2D eigenvalue weighted by molar-refractivity contribution is -0.130. The van der Waals surface area contributed by atoms with E-state index in [0.29, 0.717) is 54.5 Å². The first-order chi connectivity index (χ1) is 22.0. The Morgan fingerprint density at radius 1 is 0.979 bits per heavy atom. The first kappa shape index (κ1) is 36.4. The number of hydrogen-bond donors (Lipinski definition) is 3. The molecule has 5 fully saturated rings. The number of rotatable bonds is 9. The number of likely N-dealkylation sites (tertiary alicyclic amines) is 1. The van der Waals surface area contributed by atoms with Gasteiger partial charge in [-0.3, -0.25) is 14.5 Å². The highest BCUT2D eigenvalue weighted by Gasteiger charge is 2.60. The van der Waals surface area contributed by atoms with E-state index in [1.54, 1.807) is 0 Å². The number of amides is 3. The minimum Gasteiger partial charge on any atom is -0.444 e. The Labute approximate surface area is 284 Å². The molecule has 4 aliphatic carbocycles. The molecular weight excluding hydrogens is 592 g/mol. The van der Waals surface area contributed by atoms with Crippen LogP contribution in [0.4, 0.5) is 4.79 Å². The molecule has 5 aliphatic rings. The summed E-state index contributed by atoms with van der Waals surface area (Å²) in [6.07, 6.45) is 12.1. The maximum Gasteiger partial charge on any atom is 0.411 e. The van der Waals surface area contributed by atoms with Gasteiger partial charge in [0.05, 0.1) is 6.10 Å². The van der Waals surface area contributed by atoms with Crippen LogP contribution in [0, 0.1) is 46.3 Å². The molecule has 1 aliphatic heterocycles. The number of fused-ring (bicyclic) bond motifs is 5. The minimum absolute atomic E-state index is 0.00814. The normalized spacial score (nSPS) is 39.1. The van der Waals surface area contributed by atoms with Crippen LogP contribution in [-0.4, -0.2) is 90.3 Å². The van der Waals surface area contributed by atoms with Crippen LogP contribution in [0.5, 0.6) is 0 Å². The fraction of sp³-hybridized carbons (Fsp3) is 0.921. The number of hydrogen-bond acceptors (Lipinski definition) is 6. The summed E-state index contributed by atoms with van der Waals surface area (Å²) in [5.74, 6) is 4.01. The van der Waals surface area contributed by atoms with Crippen LogP contribution >= 0.6 is 0 Å². The van der Waals surface area contributed by atoms with Gasteiger partial charge >= 0.3 is 6.09 Å². The van der Waals surface area contributed by atoms with Crippen LogP contribution in [0.15, 0.2) is 0 Å². The van der Waals surface area contributed by atoms with Gasteiger partial charge < -0.3 is 25.4 Å². The molecule has 9 heteroatoms. The minimum atomic E-state index is -0.674. The number of carbonyl (C=O) groups excluding carboxylic acids is 3. The van der Waals surface area contributed by atoms with Gasteiger partial charge in [0.15, 0.2) is 0 Å². The first-order valence-corrected chi connectivity index (χ1v) is 18.9. The zero-order valence-corrected chi connectivity index (χ0v) is 30.8. The Hall–Kier alpha value is -1.87. The van der Waals surface area contributed by atoms with Crippen LogP contribution in [-0.2, 0) is 14.3 Å². The SMILES string of the molecule is CC(CCC(=O)NC1C[C@@H](C(=O)NCCN(C)C)N(C(=O)OC(C)(C)C)C1)[C@H]1CCC2C3CCC4C[C@H](O)CC[C@]4(C)C3CC[C@@]21C. The third-order valence-corrected chi connectivity index (χ3v) is 13.7. The second-order valence-corrected chi connectivity index (χ2v) is 18.1. The molecule has 4 saturated carbocycles. The molecule has 0 spiro atoms. The predicted octanol–water partition coefficient (Wildman–Crippen LogP) is 5.59. The summed E-state index contributed by atoms with van der Waals surface area (Å²) in [4.78, 5) is 43.0. The van der Waals surface area contributed by atoms with Crippen molar-refractivity contribution in [1.29, 1.82) is 0 Å². The molecule has 0 aromatic heterocycles. The van der Waals surface area contributed by atoms with Crippen LogP contribution in [0.3, 0.4) is 0 Å². The summed E-state index contributed by atoms with van der Waals surface area (Å²) in [6, 6.07) is -0.950. The summed E-state index contributed by atoms with van der Waals surface area (Å²) in [5.41, 5.74) is 0.0733. The highest BCUT2D eigenvalue weighted by molar-refractivity contribution is 5.87. The zero-order chi connectivity index (χ0) is 34.3. The van der Waals surface area contributed by atoms with Gasteiger partial charge in [0, 0.05) is 32.1 Å². The molecule has 1 heterocycles. The van der Waals surface area contributed by atoms with Crippen molar-refractivity contribution in [2.75, 3.05) is 33.7 Å². The van der Waals surface area contributed by atoms with E-state index in [9.17, 15) is 19.5 Å². The van der Waals surface area contributed by atoms with E-state index >= 15 is 0 Å². The van der Waals surface area contributed by atoms with Gasteiger partial charge in [0.1, 0.15) is 11.6 Å². The standard InChI is InChI=1S/C38H66N4O5/c1-24(29-12-13-30-28-11-10-25-21-27(43)15-17-37(25,5)31(28)16-18-38(29,30)6)9-14-33(44)40-26-22-32(34(45)39-19-20-41(7)8)42(23-26)35(46)47-36(2,3)4/h24-32,43H,9-23H2,1-8H3,(H,39,45)(H,40,44)/t24?,25?,26?,27-,28?,29-,30?,31?,32+,37+,38-/m1/s1. The van der Waals surface area contributed by atoms with Crippen LogP contribution < -0.4 is 10.6 Å². The molecule has 0 aromatic carbocycles. The fourth-order valence-corrected chi connectivity index (χ4v) is 11.3. The van der Waals surface area contributed by atoms with Crippen molar-refractivity contribution in [2.45, 2.75) is 142 Å². The summed E-state index contributed by atoms with van der Waals surface area (Å²) in [6.45, 7) is 14.4. The highest BCUT2D eigenvalue weighted by Crippen LogP contribution is 2.68. The maximum absolute atomic E-state index is 13.3. The Morgan fingerprint density at radius 2 is 1.68 bits per heavy atom. The average Bonchev–Trinajstić information content (AvgIpc) is 3.56. The van der Waals surface area contributed by atoms with E-state index in [-0.39, 0.29) is 30.5 Å². The van der Waals surface area contributed by atoms with Gasteiger partial charge in [0.25, 0.3) is 0 Å². The van der Waals surface area contributed by atoms with Crippen molar-refractivity contribution in [1.82, 2.24) is 20.4 Å². The van der Waals surface area contributed by atoms with Crippen LogP contribution in [0.25, 0.3) is 0 Å². The van der Waals surface area contributed by atoms with Gasteiger partial charge in [0.2, 0.25) is 11.8 Å². The van der Waals surface area contributed by atoms with E-state index in [1.165, 1.54) is 49.8 Å². The molecule has 0 bridgehead atoms. The predicted molar refractivity (Wildman–Crippen MR) is 184 cm³/mol. The lowest BCUT2D eigenvalue weighted by Crippen LogP contribution is -2.54. The van der Waals surface area contributed by atoms with E-state index < -0.39 is 17.7 Å². The Morgan fingerprint density at radius 3 is 2.38 bits per heavy atom. The highest BCUT2D eigenvalue weighted by atomic mass is 16.6. The molecule has 11 atom stereocenters. The monoisotopic (exact) mass is 659 g/mol. The maximum atomic E-state index is 13.3. The summed E-state index contributed by atoms with van der Waals surface area (Å²) in [7, 11) is 3.90. The van der Waals surface area contributed by atoms with Crippen molar-refractivity contribution in [3.05, 3.63) is 0 Å². The smallest absolute Gasteiger partial charge is 0.411 e. The molecule has 1 saturated heterocycles. The van der Waals surface area contributed by atoms with Gasteiger partial charge in [-0.05, 0) is 152 Å². The van der Waals surface area contributed by atoms with Crippen molar-refractivity contribution in [3.63, 3.8) is 0 Å². The van der Waals surface area contributed by atoms with Gasteiger partial charge in [-0.2, -0.15) is 0 Å². The quantitative estimate of drug-likeness (QED) is 0.298. The molecular formula is C38H66N4O5. The van der Waals surface area contributed by atoms with E-state index in [4.69, 9.17) is 4.74 Å². The van der Waals surface area contributed by atoms with E-state index in [1.807, 2.05) is 39.8 Å². The number of ether oxygens (including phenoxy) is 1. The number of carbonyl (C=O) groups is 3. The molecule has 47 heavy (non-hydrogen) atoms. The lowest BCUT2D eigenvalue weighted by atomic mass is 9.44. The topological polar surface area (TPSA) is 111 Å². The second kappa shape index (κ2) is 14.2. The molecule has 9 nitrogen and oxygen atoms in total. The lowest BCUT2D eigenvalue weighted by Gasteiger charge is -2.61. The number of aliphatic hydroxyl groups is 1. The number of likely N-dealkylation sites (N-methyl/N-ethyl adjacent to an activating group) is 1. The molecule has 6 unspecified atom stereocenters. The van der Waals surface area contributed by atoms with Crippen molar-refractivity contribution in [3.8, 4) is 0 Å². The molecule has 3 N–H and O–H groups in total. The second-order valence-electron chi connectivity index (χ2n) is 18.1. The van der Waals surface area contributed by atoms with Gasteiger partial charge in [-0.15, -0.1) is 0 Å². The average molecular weight is 659 g/mol. The first-order valence-electron chi connectivity index (χ1n) is 18.9. The number of nitrogens with one attached hydrogen (secondary N) is 2. The Kier molecular flexibility index (Phi) is 11.0. The van der Waals surface area contributed by atoms with Crippen molar-refractivity contribution >= 4 is 17.9 Å². The molecule has 0 aromatic rings. The Bertz CT molecular complexity index is 1140. The fourth-order valence-electron chi connectivity index (χ4n) is 11.3. The molecule has 5 rings (SSSR count). The van der Waals surface area contributed by atoms with Crippen LogP contribution in [0.2, 0.25) is 0 Å². The molecule has 268 valence electrons. The van der Waals surface area contributed by atoms with Crippen LogP contribution in [0.1, 0.15) is 119 Å². The van der Waals surface area contributed by atoms with Crippen molar-refractivity contribution < 1.29 is 24.2 Å². The van der Waals surface area contributed by atoms with Gasteiger partial charge in [-0.1, -0.05) is 20.8 Å². The summed E-state index contributed by atoms with van der Waals surface area (Å²) >= 11 is 0. The van der Waals surface area contributed by atoms with E-state index in [2.05, 4.69) is 31.4 Å². The van der Waals surface area contributed by atoms with E-state index in [0.717, 1.165) is 37.0 Å². The van der Waals surface area contributed by atoms with Crippen molar-refractivity contribution in [2.24, 2.45) is 46.3 Å². The zero-order valence-electron chi connectivity index (χ0n) is 30.8. The molecule has 3 amide bonds. The van der Waals surface area contributed by atoms with Gasteiger partial charge in [-0.25, -0.2) is 4.79 Å².